The van der Waals surface area contributed by atoms with E-state index in [0.29, 0.717) is 12.1 Å². The van der Waals surface area contributed by atoms with E-state index in [-0.39, 0.29) is 18.7 Å². The zero-order valence-electron chi connectivity index (χ0n) is 14.2. The van der Waals surface area contributed by atoms with E-state index in [1.165, 1.54) is 12.8 Å². The molecule has 2 saturated heterocycles. The number of hydrogen-bond acceptors (Lipinski definition) is 6. The molecule has 0 aliphatic carbocycles. The predicted octanol–water partition coefficient (Wildman–Crippen LogP) is 0.744. The molecule has 2 aliphatic rings. The maximum atomic E-state index is 12.3. The second kappa shape index (κ2) is 9.30. The van der Waals surface area contributed by atoms with Crippen LogP contribution in [0.15, 0.2) is 30.3 Å². The highest BCUT2D eigenvalue weighted by Gasteiger charge is 2.36. The molecule has 0 saturated carbocycles. The van der Waals surface area contributed by atoms with Crippen LogP contribution in [0.3, 0.4) is 0 Å². The van der Waals surface area contributed by atoms with Crippen LogP contribution >= 0.6 is 0 Å². The van der Waals surface area contributed by atoms with Crippen molar-refractivity contribution >= 4 is 17.9 Å². The molecule has 4 N–H and O–H groups in total. The third-order valence-corrected chi connectivity index (χ3v) is 4.56. The third kappa shape index (κ3) is 5.53. The van der Waals surface area contributed by atoms with Crippen molar-refractivity contribution in [3.8, 4) is 0 Å². The first-order chi connectivity index (χ1) is 12.4. The molecule has 1 aromatic carbocycles. The van der Waals surface area contributed by atoms with Gasteiger partial charge in [0.15, 0.2) is 0 Å². The van der Waals surface area contributed by atoms with Gasteiger partial charge in [-0.2, -0.15) is 0 Å². The van der Waals surface area contributed by atoms with E-state index in [1.54, 1.807) is 0 Å². The number of nitrogens with one attached hydrogen (secondary N) is 1. The monoisotopic (exact) mass is 365 g/mol. The van der Waals surface area contributed by atoms with Crippen LogP contribution in [-0.2, 0) is 19.1 Å². The molecule has 2 heterocycles. The van der Waals surface area contributed by atoms with Crippen LogP contribution in [0.1, 0.15) is 37.2 Å². The van der Waals surface area contributed by atoms with Gasteiger partial charge in [0.2, 0.25) is 0 Å². The lowest BCUT2D eigenvalue weighted by molar-refractivity contribution is -0.159. The molecule has 142 valence electrons. The zero-order chi connectivity index (χ0) is 19.1. The first-order valence-corrected chi connectivity index (χ1v) is 8.49. The Morgan fingerprint density at radius 3 is 2.04 bits per heavy atom. The van der Waals surface area contributed by atoms with Crippen LogP contribution in [0.4, 0.5) is 0 Å². The highest BCUT2D eigenvalue weighted by Crippen LogP contribution is 2.29. The number of carbonyl (C=O) groups excluding carboxylic acids is 1. The number of aliphatic hydroxyl groups excluding tert-OH is 1. The van der Waals surface area contributed by atoms with Crippen molar-refractivity contribution in [3.05, 3.63) is 35.9 Å². The van der Waals surface area contributed by atoms with Crippen molar-refractivity contribution in [1.82, 2.24) is 5.32 Å². The van der Waals surface area contributed by atoms with Crippen molar-refractivity contribution in [2.75, 3.05) is 6.61 Å². The predicted molar refractivity (Wildman–Crippen MR) is 90.6 cm³/mol. The summed E-state index contributed by atoms with van der Waals surface area (Å²) in [4.78, 5) is 30.5. The van der Waals surface area contributed by atoms with Gasteiger partial charge in [-0.3, -0.25) is 4.79 Å². The summed E-state index contributed by atoms with van der Waals surface area (Å²) >= 11 is 0. The number of carboxylic acids is 2. The van der Waals surface area contributed by atoms with E-state index in [0.717, 1.165) is 18.4 Å². The highest BCUT2D eigenvalue weighted by molar-refractivity contribution is 6.27. The molecule has 2 bridgehead atoms. The standard InChI is InChI=1S/C16H21NO3.C2H2O4/c18-10-15(11-4-2-1-3-5-11)16(19)20-14-8-12-6-7-13(9-14)17-12;3-1(4)2(5)6/h1-5,12-15,17-18H,6-10H2;(H,3,4)(H,5,6). The molecule has 3 rings (SSSR count). The maximum absolute atomic E-state index is 12.3. The molecule has 0 spiro atoms. The average Bonchev–Trinajstić information content (AvgIpc) is 2.95. The van der Waals surface area contributed by atoms with Gasteiger partial charge in [-0.15, -0.1) is 0 Å². The van der Waals surface area contributed by atoms with Crippen molar-refractivity contribution < 1.29 is 34.4 Å². The first-order valence-electron chi connectivity index (χ1n) is 8.49. The number of esters is 1. The molecule has 1 aromatic rings. The summed E-state index contributed by atoms with van der Waals surface area (Å²) in [7, 11) is 0. The Labute approximate surface area is 150 Å². The number of piperidine rings is 1. The molecule has 0 radical (unpaired) electrons. The van der Waals surface area contributed by atoms with Gasteiger partial charge < -0.3 is 25.4 Å². The van der Waals surface area contributed by atoms with Gasteiger partial charge in [0.25, 0.3) is 0 Å². The number of benzene rings is 1. The Balaban J connectivity index is 0.000000352. The van der Waals surface area contributed by atoms with Gasteiger partial charge in [0.05, 0.1) is 6.61 Å². The van der Waals surface area contributed by atoms with E-state index in [4.69, 9.17) is 24.5 Å². The topological polar surface area (TPSA) is 133 Å². The normalized spacial score (nSPS) is 24.7. The minimum Gasteiger partial charge on any atom is -0.473 e. The van der Waals surface area contributed by atoms with Crippen molar-refractivity contribution in [2.24, 2.45) is 0 Å². The summed E-state index contributed by atoms with van der Waals surface area (Å²) in [6.07, 6.45) is 4.16. The fourth-order valence-electron chi connectivity index (χ4n) is 3.35. The van der Waals surface area contributed by atoms with E-state index in [1.807, 2.05) is 30.3 Å². The van der Waals surface area contributed by atoms with Crippen molar-refractivity contribution in [2.45, 2.75) is 49.8 Å². The number of hydrogen-bond donors (Lipinski definition) is 4. The lowest BCUT2D eigenvalue weighted by Gasteiger charge is -2.29. The zero-order valence-corrected chi connectivity index (χ0v) is 14.2. The van der Waals surface area contributed by atoms with E-state index in [9.17, 15) is 9.90 Å². The number of aliphatic hydroxyl groups is 1. The van der Waals surface area contributed by atoms with Crippen molar-refractivity contribution in [1.29, 1.82) is 0 Å². The molecule has 0 aromatic heterocycles. The van der Waals surface area contributed by atoms with E-state index in [2.05, 4.69) is 5.32 Å². The second-order valence-electron chi connectivity index (χ2n) is 6.42. The summed E-state index contributed by atoms with van der Waals surface area (Å²) in [6, 6.07) is 10.3. The van der Waals surface area contributed by atoms with Gasteiger partial charge >= 0.3 is 17.9 Å². The quantitative estimate of drug-likeness (QED) is 0.454. The van der Waals surface area contributed by atoms with Crippen LogP contribution in [0, 0.1) is 0 Å². The van der Waals surface area contributed by atoms with Crippen LogP contribution in [0.2, 0.25) is 0 Å². The maximum Gasteiger partial charge on any atom is 0.414 e. The van der Waals surface area contributed by atoms with Crippen LogP contribution in [0.5, 0.6) is 0 Å². The molecular formula is C18H23NO7. The molecule has 8 heteroatoms. The van der Waals surface area contributed by atoms with Crippen molar-refractivity contribution in [3.63, 3.8) is 0 Å². The summed E-state index contributed by atoms with van der Waals surface area (Å²) in [6.45, 7) is -0.208. The molecule has 3 atom stereocenters. The minimum absolute atomic E-state index is 0.000915. The Morgan fingerprint density at radius 1 is 1.04 bits per heavy atom. The highest BCUT2D eigenvalue weighted by atomic mass is 16.5. The molecular weight excluding hydrogens is 342 g/mol. The van der Waals surface area contributed by atoms with Crippen LogP contribution in [0.25, 0.3) is 0 Å². The molecule has 3 unspecified atom stereocenters. The van der Waals surface area contributed by atoms with E-state index < -0.39 is 17.9 Å². The van der Waals surface area contributed by atoms with Gasteiger partial charge in [0.1, 0.15) is 12.0 Å². The van der Waals surface area contributed by atoms with Gasteiger partial charge in [-0.05, 0) is 31.2 Å². The fourth-order valence-corrected chi connectivity index (χ4v) is 3.35. The number of aliphatic carboxylic acids is 2. The first kappa shape index (κ1) is 19.9. The number of carboxylic acid groups (broad SMARTS) is 2. The van der Waals surface area contributed by atoms with Gasteiger partial charge in [0, 0.05) is 12.1 Å². The lowest BCUT2D eigenvalue weighted by atomic mass is 9.99. The largest absolute Gasteiger partial charge is 0.473 e. The van der Waals surface area contributed by atoms with E-state index >= 15 is 0 Å². The number of rotatable bonds is 4. The number of carbonyl (C=O) groups is 3. The molecule has 26 heavy (non-hydrogen) atoms. The minimum atomic E-state index is -1.82. The van der Waals surface area contributed by atoms with Gasteiger partial charge in [-0.25, -0.2) is 9.59 Å². The summed E-state index contributed by atoms with van der Waals surface area (Å²) in [5.74, 6) is -4.52. The Hall–Kier alpha value is -2.45. The summed E-state index contributed by atoms with van der Waals surface area (Å²) in [5.41, 5.74) is 0.817. The van der Waals surface area contributed by atoms with Crippen LogP contribution < -0.4 is 5.32 Å². The smallest absolute Gasteiger partial charge is 0.414 e. The summed E-state index contributed by atoms with van der Waals surface area (Å²) < 4.78 is 5.64. The molecule has 0 amide bonds. The molecule has 8 nitrogen and oxygen atoms in total. The average molecular weight is 365 g/mol. The summed E-state index contributed by atoms with van der Waals surface area (Å²) in [5, 5.41) is 27.8. The SMILES string of the molecule is O=C(O)C(=O)O.O=C(OC1CC2CCC(C1)N2)C(CO)c1ccccc1. The molecule has 2 aliphatic heterocycles. The number of fused-ring (bicyclic) bond motifs is 2. The number of ether oxygens (including phenoxy) is 1. The third-order valence-electron chi connectivity index (χ3n) is 4.56. The molecule has 2 fully saturated rings. The Morgan fingerprint density at radius 2 is 1.58 bits per heavy atom. The Bertz CT molecular complexity index is 610. The van der Waals surface area contributed by atoms with Gasteiger partial charge in [-0.1, -0.05) is 30.3 Å². The Kier molecular flexibility index (Phi) is 7.11. The lowest BCUT2D eigenvalue weighted by Crippen LogP contribution is -2.42. The second-order valence-corrected chi connectivity index (χ2v) is 6.42. The van der Waals surface area contributed by atoms with Crippen LogP contribution in [-0.4, -0.2) is 58.0 Å². The fraction of sp³-hybridized carbons (Fsp3) is 0.500.